The second kappa shape index (κ2) is 12.9. The van der Waals surface area contributed by atoms with Gasteiger partial charge in [-0.15, -0.1) is 0 Å². The van der Waals surface area contributed by atoms with Crippen LogP contribution in [0.2, 0.25) is 0 Å². The molecule has 0 saturated carbocycles. The van der Waals surface area contributed by atoms with Gasteiger partial charge in [-0.3, -0.25) is 9.59 Å². The van der Waals surface area contributed by atoms with E-state index in [1.165, 1.54) is 0 Å². The van der Waals surface area contributed by atoms with Gasteiger partial charge in [-0.1, -0.05) is 43.7 Å². The molecule has 6 heteroatoms. The molecule has 6 nitrogen and oxygen atoms in total. The Morgan fingerprint density at radius 1 is 1.00 bits per heavy atom. The predicted octanol–water partition coefficient (Wildman–Crippen LogP) is 3.26. The average molecular weight is 414 g/mol. The van der Waals surface area contributed by atoms with Crippen LogP contribution in [-0.2, 0) is 34.3 Å². The summed E-state index contributed by atoms with van der Waals surface area (Å²) in [5.41, 5.74) is 2.19. The highest BCUT2D eigenvalue weighted by Gasteiger charge is 2.21. The van der Waals surface area contributed by atoms with Crippen molar-refractivity contribution in [2.24, 2.45) is 7.05 Å². The normalized spacial score (nSPS) is 10.8. The number of hydrogen-bond donors (Lipinski definition) is 0. The fraction of sp³-hybridized carbons (Fsp3) is 0.500. The Hall–Kier alpha value is -2.60. The monoisotopic (exact) mass is 413 g/mol. The zero-order chi connectivity index (χ0) is 21.8. The SMILES string of the molecule is CCCCN(CC(=O)N(CCOC)Cc1cccn1C)C(=O)CCc1ccccc1. The van der Waals surface area contributed by atoms with Gasteiger partial charge in [0.2, 0.25) is 11.8 Å². The van der Waals surface area contributed by atoms with Gasteiger partial charge < -0.3 is 19.1 Å². The van der Waals surface area contributed by atoms with Gasteiger partial charge in [-0.05, 0) is 30.5 Å². The Balaban J connectivity index is 2.02. The summed E-state index contributed by atoms with van der Waals surface area (Å²) >= 11 is 0. The topological polar surface area (TPSA) is 54.8 Å². The summed E-state index contributed by atoms with van der Waals surface area (Å²) < 4.78 is 7.20. The molecule has 2 aromatic rings. The molecule has 0 aliphatic rings. The number of hydrogen-bond acceptors (Lipinski definition) is 3. The van der Waals surface area contributed by atoms with Crippen LogP contribution in [0.25, 0.3) is 0 Å². The zero-order valence-electron chi connectivity index (χ0n) is 18.5. The number of rotatable bonds is 13. The lowest BCUT2D eigenvalue weighted by Gasteiger charge is -2.28. The van der Waals surface area contributed by atoms with E-state index in [-0.39, 0.29) is 18.4 Å². The van der Waals surface area contributed by atoms with Crippen molar-refractivity contribution in [3.63, 3.8) is 0 Å². The summed E-state index contributed by atoms with van der Waals surface area (Å²) in [7, 11) is 3.60. The Bertz CT molecular complexity index is 773. The van der Waals surface area contributed by atoms with Crippen LogP contribution in [0.3, 0.4) is 0 Å². The number of nitrogens with zero attached hydrogens (tertiary/aromatic N) is 3. The standard InChI is InChI=1S/C24H35N3O3/c1-4-5-16-26(23(28)14-13-21-10-7-6-8-11-21)20-24(29)27(17-18-30-3)19-22-12-9-15-25(22)2/h6-12,15H,4-5,13-14,16-20H2,1-3H3. The number of ether oxygens (including phenoxy) is 1. The van der Waals surface area contributed by atoms with Gasteiger partial charge in [-0.2, -0.15) is 0 Å². The van der Waals surface area contributed by atoms with Gasteiger partial charge in [-0.25, -0.2) is 0 Å². The fourth-order valence-corrected chi connectivity index (χ4v) is 3.31. The molecule has 0 bridgehead atoms. The van der Waals surface area contributed by atoms with Crippen molar-refractivity contribution in [2.75, 3.05) is 33.4 Å². The molecule has 1 heterocycles. The lowest BCUT2D eigenvalue weighted by atomic mass is 10.1. The molecule has 0 N–H and O–H groups in total. The number of benzene rings is 1. The summed E-state index contributed by atoms with van der Waals surface area (Å²) in [6, 6.07) is 14.0. The van der Waals surface area contributed by atoms with Crippen molar-refractivity contribution >= 4 is 11.8 Å². The Kier molecular flexibility index (Phi) is 10.1. The number of methoxy groups -OCH3 is 1. The Morgan fingerprint density at radius 3 is 2.40 bits per heavy atom. The minimum atomic E-state index is -0.0441. The molecule has 1 aromatic heterocycles. The molecule has 0 fully saturated rings. The summed E-state index contributed by atoms with van der Waals surface area (Å²) in [6.45, 7) is 4.29. The predicted molar refractivity (Wildman–Crippen MR) is 119 cm³/mol. The molecule has 2 rings (SSSR count). The summed E-state index contributed by atoms with van der Waals surface area (Å²) in [6.07, 6.45) is 4.94. The van der Waals surface area contributed by atoms with E-state index >= 15 is 0 Å². The molecular weight excluding hydrogens is 378 g/mol. The maximum Gasteiger partial charge on any atom is 0.242 e. The molecule has 0 atom stereocenters. The van der Waals surface area contributed by atoms with Gasteiger partial charge in [0.25, 0.3) is 0 Å². The van der Waals surface area contributed by atoms with Crippen LogP contribution in [-0.4, -0.2) is 59.5 Å². The molecule has 1 aromatic carbocycles. The molecule has 30 heavy (non-hydrogen) atoms. The number of amides is 2. The highest BCUT2D eigenvalue weighted by Crippen LogP contribution is 2.09. The number of aryl methyl sites for hydroxylation is 2. The van der Waals surface area contributed by atoms with Gasteiger partial charge in [0.05, 0.1) is 19.7 Å². The van der Waals surface area contributed by atoms with E-state index < -0.39 is 0 Å². The van der Waals surface area contributed by atoms with Crippen LogP contribution >= 0.6 is 0 Å². The minimum absolute atomic E-state index is 0.0335. The molecule has 0 saturated heterocycles. The minimum Gasteiger partial charge on any atom is -0.383 e. The van der Waals surface area contributed by atoms with Crippen LogP contribution in [0.4, 0.5) is 0 Å². The van der Waals surface area contributed by atoms with Gasteiger partial charge >= 0.3 is 0 Å². The van der Waals surface area contributed by atoms with Crippen LogP contribution in [0.5, 0.6) is 0 Å². The quantitative estimate of drug-likeness (QED) is 0.506. The lowest BCUT2D eigenvalue weighted by Crippen LogP contribution is -2.44. The first-order valence-electron chi connectivity index (χ1n) is 10.7. The van der Waals surface area contributed by atoms with E-state index in [0.29, 0.717) is 39.1 Å². The van der Waals surface area contributed by atoms with E-state index in [2.05, 4.69) is 6.92 Å². The van der Waals surface area contributed by atoms with Crippen molar-refractivity contribution in [2.45, 2.75) is 39.2 Å². The smallest absolute Gasteiger partial charge is 0.242 e. The molecule has 0 aliphatic carbocycles. The van der Waals surface area contributed by atoms with Gasteiger partial charge in [0.1, 0.15) is 0 Å². The maximum atomic E-state index is 13.1. The Labute approximate surface area is 180 Å². The second-order valence-corrected chi connectivity index (χ2v) is 7.57. The molecular formula is C24H35N3O3. The van der Waals surface area contributed by atoms with Crippen molar-refractivity contribution in [1.29, 1.82) is 0 Å². The summed E-state index contributed by atoms with van der Waals surface area (Å²) in [4.78, 5) is 29.5. The van der Waals surface area contributed by atoms with E-state index in [9.17, 15) is 9.59 Å². The molecule has 0 radical (unpaired) electrons. The second-order valence-electron chi connectivity index (χ2n) is 7.57. The average Bonchev–Trinajstić information content (AvgIpc) is 3.17. The summed E-state index contributed by atoms with van der Waals surface area (Å²) in [5.74, 6) is -0.0105. The number of carbonyl (C=O) groups is 2. The van der Waals surface area contributed by atoms with E-state index in [4.69, 9.17) is 4.74 Å². The molecule has 164 valence electrons. The van der Waals surface area contributed by atoms with Gasteiger partial charge in [0.15, 0.2) is 0 Å². The third-order valence-electron chi connectivity index (χ3n) is 5.25. The molecule has 0 aliphatic heterocycles. The van der Waals surface area contributed by atoms with E-state index in [1.807, 2.05) is 60.3 Å². The van der Waals surface area contributed by atoms with Crippen molar-refractivity contribution in [1.82, 2.24) is 14.4 Å². The third-order valence-corrected chi connectivity index (χ3v) is 5.25. The van der Waals surface area contributed by atoms with E-state index in [1.54, 1.807) is 16.9 Å². The van der Waals surface area contributed by atoms with Crippen LogP contribution < -0.4 is 0 Å². The molecule has 0 unspecified atom stereocenters. The largest absolute Gasteiger partial charge is 0.383 e. The van der Waals surface area contributed by atoms with Crippen LogP contribution in [0.1, 0.15) is 37.4 Å². The Morgan fingerprint density at radius 2 is 1.77 bits per heavy atom. The van der Waals surface area contributed by atoms with Crippen molar-refractivity contribution in [3.05, 3.63) is 59.9 Å². The number of aromatic nitrogens is 1. The zero-order valence-corrected chi connectivity index (χ0v) is 18.5. The molecule has 0 spiro atoms. The van der Waals surface area contributed by atoms with Crippen molar-refractivity contribution < 1.29 is 14.3 Å². The number of unbranched alkanes of at least 4 members (excludes halogenated alkanes) is 1. The van der Waals surface area contributed by atoms with Crippen LogP contribution in [0, 0.1) is 0 Å². The first-order chi connectivity index (χ1) is 14.5. The van der Waals surface area contributed by atoms with Crippen LogP contribution in [0.15, 0.2) is 48.7 Å². The fourth-order valence-electron chi connectivity index (χ4n) is 3.31. The van der Waals surface area contributed by atoms with E-state index in [0.717, 1.165) is 24.1 Å². The number of carbonyl (C=O) groups excluding carboxylic acids is 2. The highest BCUT2D eigenvalue weighted by molar-refractivity contribution is 5.85. The maximum absolute atomic E-state index is 13.1. The highest BCUT2D eigenvalue weighted by atomic mass is 16.5. The third kappa shape index (κ3) is 7.67. The van der Waals surface area contributed by atoms with Crippen molar-refractivity contribution in [3.8, 4) is 0 Å². The van der Waals surface area contributed by atoms with Gasteiger partial charge in [0, 0.05) is 45.6 Å². The lowest BCUT2D eigenvalue weighted by molar-refractivity contribution is -0.141. The first-order valence-corrected chi connectivity index (χ1v) is 10.7. The first kappa shape index (κ1) is 23.7. The summed E-state index contributed by atoms with van der Waals surface area (Å²) in [5, 5.41) is 0. The molecule has 2 amide bonds.